The quantitative estimate of drug-likeness (QED) is 0.502. The lowest BCUT2D eigenvalue weighted by Crippen LogP contribution is -2.69. The van der Waals surface area contributed by atoms with Crippen LogP contribution in [0.4, 0.5) is 0 Å². The van der Waals surface area contributed by atoms with Gasteiger partial charge in [0.05, 0.1) is 11.9 Å². The zero-order chi connectivity index (χ0) is 19.5. The molecule has 27 heavy (non-hydrogen) atoms. The summed E-state index contributed by atoms with van der Waals surface area (Å²) >= 11 is 0. The SMILES string of the molecule is CCN=C(NC1CCN(S(=O)(=O)CC)CC1)NC1CC(OCC)C12CCC2. The number of rotatable bonds is 7. The van der Waals surface area contributed by atoms with Crippen LogP contribution in [0.5, 0.6) is 0 Å². The van der Waals surface area contributed by atoms with E-state index in [1.807, 2.05) is 6.92 Å². The lowest BCUT2D eigenvalue weighted by molar-refractivity contribution is -0.168. The fourth-order valence-electron chi connectivity index (χ4n) is 4.75. The van der Waals surface area contributed by atoms with Crippen LogP contribution < -0.4 is 10.6 Å². The highest BCUT2D eigenvalue weighted by Gasteiger charge is 2.59. The molecule has 8 heteroatoms. The number of ether oxygens (including phenoxy) is 1. The lowest BCUT2D eigenvalue weighted by Gasteiger charge is -2.61. The van der Waals surface area contributed by atoms with Crippen LogP contribution in [0.1, 0.15) is 59.3 Å². The molecule has 2 aliphatic carbocycles. The summed E-state index contributed by atoms with van der Waals surface area (Å²) in [7, 11) is -3.07. The summed E-state index contributed by atoms with van der Waals surface area (Å²) in [4.78, 5) is 4.64. The zero-order valence-electron chi connectivity index (χ0n) is 17.0. The van der Waals surface area contributed by atoms with Gasteiger partial charge in [-0.3, -0.25) is 4.99 Å². The molecule has 0 aromatic carbocycles. The summed E-state index contributed by atoms with van der Waals surface area (Å²) in [5.41, 5.74) is 0.296. The molecule has 2 unspecified atom stereocenters. The fourth-order valence-corrected chi connectivity index (χ4v) is 5.88. The fraction of sp³-hybridized carbons (Fsp3) is 0.947. The third-order valence-electron chi connectivity index (χ3n) is 6.62. The summed E-state index contributed by atoms with van der Waals surface area (Å²) in [5.74, 6) is 1.06. The summed E-state index contributed by atoms with van der Waals surface area (Å²) in [6.07, 6.45) is 6.84. The first-order valence-electron chi connectivity index (χ1n) is 10.6. The number of nitrogens with zero attached hydrogens (tertiary/aromatic N) is 2. The van der Waals surface area contributed by atoms with E-state index < -0.39 is 10.0 Å². The Hall–Kier alpha value is -0.860. The molecule has 2 saturated carbocycles. The Labute approximate surface area is 164 Å². The van der Waals surface area contributed by atoms with Gasteiger partial charge in [-0.05, 0) is 52.9 Å². The molecule has 1 saturated heterocycles. The van der Waals surface area contributed by atoms with E-state index in [9.17, 15) is 8.42 Å². The highest BCUT2D eigenvalue weighted by atomic mass is 32.2. The highest BCUT2D eigenvalue weighted by molar-refractivity contribution is 7.89. The molecule has 2 atom stereocenters. The molecular formula is C19H36N4O3S. The van der Waals surface area contributed by atoms with Crippen molar-refractivity contribution in [2.24, 2.45) is 10.4 Å². The molecule has 3 rings (SSSR count). The van der Waals surface area contributed by atoms with Gasteiger partial charge in [-0.2, -0.15) is 0 Å². The third kappa shape index (κ3) is 4.27. The van der Waals surface area contributed by atoms with Gasteiger partial charge in [0.25, 0.3) is 0 Å². The van der Waals surface area contributed by atoms with Crippen LogP contribution in [0.2, 0.25) is 0 Å². The van der Waals surface area contributed by atoms with Crippen molar-refractivity contribution in [2.75, 3.05) is 32.0 Å². The first kappa shape index (κ1) is 20.9. The van der Waals surface area contributed by atoms with Crippen LogP contribution in [0.15, 0.2) is 4.99 Å². The van der Waals surface area contributed by atoms with Crippen molar-refractivity contribution in [1.82, 2.24) is 14.9 Å². The van der Waals surface area contributed by atoms with Gasteiger partial charge in [0.2, 0.25) is 10.0 Å². The molecule has 7 nitrogen and oxygen atoms in total. The van der Waals surface area contributed by atoms with Crippen LogP contribution in [-0.2, 0) is 14.8 Å². The average molecular weight is 401 g/mol. The summed E-state index contributed by atoms with van der Waals surface area (Å²) in [6, 6.07) is 0.701. The second kappa shape index (κ2) is 8.66. The Balaban J connectivity index is 1.53. The van der Waals surface area contributed by atoms with Crippen molar-refractivity contribution < 1.29 is 13.2 Å². The first-order valence-corrected chi connectivity index (χ1v) is 12.2. The number of sulfonamides is 1. The molecule has 1 heterocycles. The van der Waals surface area contributed by atoms with Crippen molar-refractivity contribution in [3.05, 3.63) is 0 Å². The molecule has 1 spiro atoms. The Kier molecular flexibility index (Phi) is 6.69. The van der Waals surface area contributed by atoms with E-state index >= 15 is 0 Å². The summed E-state index contributed by atoms with van der Waals surface area (Å²) in [5, 5.41) is 7.22. The minimum Gasteiger partial charge on any atom is -0.378 e. The smallest absolute Gasteiger partial charge is 0.213 e. The minimum absolute atomic E-state index is 0.181. The normalized spacial score (nSPS) is 29.2. The minimum atomic E-state index is -3.07. The van der Waals surface area contributed by atoms with Crippen molar-refractivity contribution in [3.63, 3.8) is 0 Å². The van der Waals surface area contributed by atoms with E-state index in [2.05, 4.69) is 22.5 Å². The zero-order valence-corrected chi connectivity index (χ0v) is 17.9. The van der Waals surface area contributed by atoms with E-state index in [-0.39, 0.29) is 11.8 Å². The van der Waals surface area contributed by atoms with Crippen LogP contribution in [0.3, 0.4) is 0 Å². The molecule has 0 aromatic rings. The monoisotopic (exact) mass is 400 g/mol. The van der Waals surface area contributed by atoms with Crippen LogP contribution in [0.25, 0.3) is 0 Å². The van der Waals surface area contributed by atoms with E-state index in [1.165, 1.54) is 19.3 Å². The largest absolute Gasteiger partial charge is 0.378 e. The van der Waals surface area contributed by atoms with Gasteiger partial charge in [-0.25, -0.2) is 12.7 Å². The maximum absolute atomic E-state index is 12.0. The molecule has 0 amide bonds. The second-order valence-corrected chi connectivity index (χ2v) is 10.3. The van der Waals surface area contributed by atoms with Gasteiger partial charge in [0, 0.05) is 43.7 Å². The summed E-state index contributed by atoms with van der Waals surface area (Å²) in [6.45, 7) is 8.52. The Bertz CT molecular complexity index is 625. The summed E-state index contributed by atoms with van der Waals surface area (Å²) < 4.78 is 31.6. The molecule has 156 valence electrons. The number of piperidine rings is 1. The molecule has 1 aliphatic heterocycles. The third-order valence-corrected chi connectivity index (χ3v) is 8.50. The van der Waals surface area contributed by atoms with Crippen molar-refractivity contribution >= 4 is 16.0 Å². The predicted molar refractivity (Wildman–Crippen MR) is 108 cm³/mol. The molecular weight excluding hydrogens is 364 g/mol. The van der Waals surface area contributed by atoms with E-state index in [4.69, 9.17) is 4.74 Å². The molecule has 3 aliphatic rings. The predicted octanol–water partition coefficient (Wildman–Crippen LogP) is 1.70. The highest BCUT2D eigenvalue weighted by Crippen LogP contribution is 2.57. The van der Waals surface area contributed by atoms with E-state index in [0.29, 0.717) is 30.7 Å². The number of hydrogen-bond donors (Lipinski definition) is 2. The van der Waals surface area contributed by atoms with Crippen molar-refractivity contribution in [3.8, 4) is 0 Å². The standard InChI is InChI=1S/C19H36N4O3S/c1-4-20-18(21-15-8-12-23(13-9-15)27(24,25)6-3)22-16-14-17(26-5-2)19(16)10-7-11-19/h15-17H,4-14H2,1-3H3,(H2,20,21,22). The van der Waals surface area contributed by atoms with Gasteiger partial charge < -0.3 is 15.4 Å². The van der Waals surface area contributed by atoms with E-state index in [1.54, 1.807) is 11.2 Å². The molecule has 0 bridgehead atoms. The Morgan fingerprint density at radius 1 is 1.19 bits per heavy atom. The molecule has 0 aromatic heterocycles. The Morgan fingerprint density at radius 3 is 2.41 bits per heavy atom. The number of nitrogens with one attached hydrogen (secondary N) is 2. The molecule has 3 fully saturated rings. The van der Waals surface area contributed by atoms with Crippen LogP contribution in [0, 0.1) is 5.41 Å². The van der Waals surface area contributed by atoms with Gasteiger partial charge in [0.15, 0.2) is 5.96 Å². The first-order chi connectivity index (χ1) is 12.9. The lowest BCUT2D eigenvalue weighted by atomic mass is 9.51. The topological polar surface area (TPSA) is 83.0 Å². The maximum Gasteiger partial charge on any atom is 0.213 e. The van der Waals surface area contributed by atoms with Crippen molar-refractivity contribution in [1.29, 1.82) is 0 Å². The van der Waals surface area contributed by atoms with Gasteiger partial charge in [-0.1, -0.05) is 6.42 Å². The Morgan fingerprint density at radius 2 is 1.89 bits per heavy atom. The van der Waals surface area contributed by atoms with Gasteiger partial charge in [-0.15, -0.1) is 0 Å². The molecule has 0 radical (unpaired) electrons. The van der Waals surface area contributed by atoms with E-state index in [0.717, 1.165) is 38.4 Å². The van der Waals surface area contributed by atoms with Gasteiger partial charge >= 0.3 is 0 Å². The second-order valence-electron chi connectivity index (χ2n) is 8.00. The average Bonchev–Trinajstić information content (AvgIpc) is 2.60. The number of hydrogen-bond acceptors (Lipinski definition) is 4. The van der Waals surface area contributed by atoms with Crippen LogP contribution in [-0.4, -0.2) is 68.9 Å². The number of aliphatic imine (C=N–C) groups is 1. The van der Waals surface area contributed by atoms with Gasteiger partial charge in [0.1, 0.15) is 0 Å². The number of guanidine groups is 1. The molecule has 2 N–H and O–H groups in total. The van der Waals surface area contributed by atoms with Crippen molar-refractivity contribution in [2.45, 2.75) is 77.5 Å². The van der Waals surface area contributed by atoms with Crippen LogP contribution >= 0.6 is 0 Å². The maximum atomic E-state index is 12.0.